The van der Waals surface area contributed by atoms with Gasteiger partial charge in [-0.1, -0.05) is 24.3 Å². The number of carbonyl (C=O) groups excluding carboxylic acids is 1. The van der Waals surface area contributed by atoms with E-state index in [1.807, 2.05) is 43.3 Å². The monoisotopic (exact) mass is 465 g/mol. The lowest BCUT2D eigenvalue weighted by molar-refractivity contribution is 0.0587. The Morgan fingerprint density at radius 2 is 1.83 bits per heavy atom. The van der Waals surface area contributed by atoms with Gasteiger partial charge in [-0.15, -0.1) is 0 Å². The summed E-state index contributed by atoms with van der Waals surface area (Å²) in [7, 11) is 1.33. The molecule has 3 heterocycles. The van der Waals surface area contributed by atoms with Crippen molar-refractivity contribution in [2.24, 2.45) is 0 Å². The summed E-state index contributed by atoms with van der Waals surface area (Å²) < 4.78 is 11.0. The van der Waals surface area contributed by atoms with Crippen LogP contribution in [0.25, 0.3) is 33.1 Å². The second-order valence-electron chi connectivity index (χ2n) is 8.53. The number of anilines is 1. The fraction of sp³-hybridized carbons (Fsp3) is 0.185. The van der Waals surface area contributed by atoms with Crippen LogP contribution in [0.5, 0.6) is 5.75 Å². The molecule has 1 N–H and O–H groups in total. The first-order chi connectivity index (χ1) is 17.1. The van der Waals surface area contributed by atoms with Crippen molar-refractivity contribution in [2.45, 2.75) is 13.5 Å². The summed E-state index contributed by atoms with van der Waals surface area (Å²) in [5.74, 6) is 1.92. The third-order valence-electron chi connectivity index (χ3n) is 6.22. The van der Waals surface area contributed by atoms with Gasteiger partial charge in [0.25, 0.3) is 0 Å². The predicted octanol–water partition coefficient (Wildman–Crippen LogP) is 4.67. The number of benzene rings is 3. The minimum Gasteiger partial charge on any atom is -0.491 e. The highest BCUT2D eigenvalue weighted by molar-refractivity contribution is 5.94. The molecule has 0 amide bonds. The Bertz CT molecular complexity index is 1590. The zero-order valence-electron chi connectivity index (χ0n) is 19.4. The highest BCUT2D eigenvalue weighted by Crippen LogP contribution is 2.33. The number of rotatable bonds is 3. The van der Waals surface area contributed by atoms with E-state index in [0.29, 0.717) is 31.0 Å². The molecule has 8 nitrogen and oxygen atoms in total. The van der Waals surface area contributed by atoms with E-state index >= 15 is 0 Å². The predicted molar refractivity (Wildman–Crippen MR) is 134 cm³/mol. The van der Waals surface area contributed by atoms with Crippen LogP contribution in [0, 0.1) is 6.92 Å². The Labute approximate surface area is 201 Å². The number of fused-ring (bicyclic) bond motifs is 3. The molecule has 1 aliphatic heterocycles. The van der Waals surface area contributed by atoms with E-state index in [2.05, 4.69) is 49.1 Å². The fourth-order valence-electron chi connectivity index (χ4n) is 4.55. The molecule has 3 aromatic carbocycles. The summed E-state index contributed by atoms with van der Waals surface area (Å²) in [6, 6.07) is 20.2. The Kier molecular flexibility index (Phi) is 5.06. The zero-order chi connectivity index (χ0) is 23.9. The van der Waals surface area contributed by atoms with E-state index in [1.54, 1.807) is 0 Å². The Balaban J connectivity index is 1.41. The van der Waals surface area contributed by atoms with Gasteiger partial charge in [0.15, 0.2) is 0 Å². The van der Waals surface area contributed by atoms with E-state index in [9.17, 15) is 4.79 Å². The van der Waals surface area contributed by atoms with Crippen molar-refractivity contribution in [3.8, 4) is 16.9 Å². The number of carbonyl (C=O) groups is 1. The zero-order valence-corrected chi connectivity index (χ0v) is 19.4. The molecule has 0 fully saturated rings. The first-order valence-electron chi connectivity index (χ1n) is 11.4. The van der Waals surface area contributed by atoms with Crippen LogP contribution in [-0.2, 0) is 11.3 Å². The number of hydrogen-bond acceptors (Lipinski definition) is 7. The molecule has 0 saturated heterocycles. The van der Waals surface area contributed by atoms with Crippen LogP contribution >= 0.6 is 0 Å². The number of esters is 1. The van der Waals surface area contributed by atoms with Crippen LogP contribution in [0.4, 0.5) is 5.82 Å². The quantitative estimate of drug-likeness (QED) is 0.387. The number of nitrogens with one attached hydrogen (secondary N) is 1. The van der Waals surface area contributed by atoms with Crippen molar-refractivity contribution in [3.63, 3.8) is 0 Å². The van der Waals surface area contributed by atoms with Crippen LogP contribution < -0.4 is 9.64 Å². The van der Waals surface area contributed by atoms with E-state index in [4.69, 9.17) is 9.47 Å². The number of aromatic amines is 1. The van der Waals surface area contributed by atoms with Crippen LogP contribution in [0.2, 0.25) is 0 Å². The molecule has 35 heavy (non-hydrogen) atoms. The average molecular weight is 466 g/mol. The van der Waals surface area contributed by atoms with Gasteiger partial charge in [-0.2, -0.15) is 0 Å². The lowest BCUT2D eigenvalue weighted by atomic mass is 10.0. The molecule has 1 aliphatic rings. The number of aryl methyl sites for hydroxylation is 1. The lowest BCUT2D eigenvalue weighted by Gasteiger charge is -2.23. The summed E-state index contributed by atoms with van der Waals surface area (Å²) in [6.07, 6.45) is 0. The first kappa shape index (κ1) is 21.1. The van der Waals surface area contributed by atoms with Crippen molar-refractivity contribution in [1.29, 1.82) is 0 Å². The number of para-hydroxylation sites is 1. The molecule has 0 aliphatic carbocycles. The minimum absolute atomic E-state index is 0.0449. The molecule has 6 rings (SSSR count). The molecule has 0 radical (unpaired) electrons. The van der Waals surface area contributed by atoms with Gasteiger partial charge in [0.2, 0.25) is 5.82 Å². The van der Waals surface area contributed by atoms with Gasteiger partial charge < -0.3 is 19.4 Å². The van der Waals surface area contributed by atoms with Crippen molar-refractivity contribution < 1.29 is 14.3 Å². The maximum absolute atomic E-state index is 12.3. The van der Waals surface area contributed by atoms with Crippen molar-refractivity contribution >= 4 is 33.7 Å². The van der Waals surface area contributed by atoms with Gasteiger partial charge in [-0.05, 0) is 54.4 Å². The summed E-state index contributed by atoms with van der Waals surface area (Å²) in [4.78, 5) is 31.2. The normalized spacial score (nSPS) is 13.4. The van der Waals surface area contributed by atoms with Crippen molar-refractivity contribution in [3.05, 3.63) is 77.9 Å². The number of aromatic nitrogens is 4. The topological polar surface area (TPSA) is 93.2 Å². The van der Waals surface area contributed by atoms with Crippen LogP contribution in [-0.4, -0.2) is 46.2 Å². The second-order valence-corrected chi connectivity index (χ2v) is 8.53. The van der Waals surface area contributed by atoms with Gasteiger partial charge in [-0.3, -0.25) is 0 Å². The Morgan fingerprint density at radius 1 is 1.00 bits per heavy atom. The molecule has 0 saturated carbocycles. The lowest BCUT2D eigenvalue weighted by Crippen LogP contribution is -2.27. The van der Waals surface area contributed by atoms with Gasteiger partial charge in [0, 0.05) is 17.5 Å². The van der Waals surface area contributed by atoms with E-state index in [1.165, 1.54) is 7.11 Å². The third-order valence-corrected chi connectivity index (χ3v) is 6.22. The first-order valence-corrected chi connectivity index (χ1v) is 11.4. The fourth-order valence-corrected chi connectivity index (χ4v) is 4.55. The molecule has 5 aromatic rings. The molecule has 2 aromatic heterocycles. The molecule has 174 valence electrons. The maximum Gasteiger partial charge on any atom is 0.376 e. The van der Waals surface area contributed by atoms with Gasteiger partial charge >= 0.3 is 5.97 Å². The van der Waals surface area contributed by atoms with Crippen LogP contribution in [0.3, 0.4) is 0 Å². The molecule has 8 heteroatoms. The van der Waals surface area contributed by atoms with Gasteiger partial charge in [0.1, 0.15) is 24.0 Å². The number of hydrogen-bond donors (Lipinski definition) is 1. The van der Waals surface area contributed by atoms with Gasteiger partial charge in [-0.25, -0.2) is 19.7 Å². The average Bonchev–Trinajstić information content (AvgIpc) is 3.13. The third kappa shape index (κ3) is 3.82. The largest absolute Gasteiger partial charge is 0.491 e. The van der Waals surface area contributed by atoms with Gasteiger partial charge in [0.05, 0.1) is 30.2 Å². The van der Waals surface area contributed by atoms with Crippen molar-refractivity contribution in [2.75, 3.05) is 25.2 Å². The number of imidazole rings is 1. The van der Waals surface area contributed by atoms with E-state index in [-0.39, 0.29) is 5.82 Å². The molecule has 0 bridgehead atoms. The number of H-pyrrole nitrogens is 1. The standard InChI is InChI=1S/C27H23N5O3/c1-16-28-22-9-7-18(14-23(22)29-16)17-8-10-24-19(13-17)15-32(11-12-35-24)26-20-5-3-4-6-21(20)30-25(31-26)27(33)34-2/h3-10,13-14H,11-12,15H2,1-2H3,(H,28,29). The summed E-state index contributed by atoms with van der Waals surface area (Å²) in [5, 5.41) is 0.875. The smallest absolute Gasteiger partial charge is 0.376 e. The summed E-state index contributed by atoms with van der Waals surface area (Å²) in [6.45, 7) is 3.65. The minimum atomic E-state index is -0.560. The number of methoxy groups -OCH3 is 1. The van der Waals surface area contributed by atoms with Crippen molar-refractivity contribution in [1.82, 2.24) is 19.9 Å². The summed E-state index contributed by atoms with van der Waals surface area (Å²) in [5.41, 5.74) is 5.89. The second kappa shape index (κ2) is 8.39. The summed E-state index contributed by atoms with van der Waals surface area (Å²) >= 11 is 0. The maximum atomic E-state index is 12.3. The SMILES string of the molecule is COC(=O)c1nc(N2CCOc3ccc(-c4ccc5nc(C)[nH]c5c4)cc3C2)c2ccccc2n1. The van der Waals surface area contributed by atoms with E-state index in [0.717, 1.165) is 44.7 Å². The van der Waals surface area contributed by atoms with E-state index < -0.39 is 5.97 Å². The highest BCUT2D eigenvalue weighted by Gasteiger charge is 2.22. The Morgan fingerprint density at radius 3 is 2.71 bits per heavy atom. The number of ether oxygens (including phenoxy) is 2. The Hall–Kier alpha value is -4.46. The molecule has 0 spiro atoms. The highest BCUT2D eigenvalue weighted by atomic mass is 16.5. The molecular weight excluding hydrogens is 442 g/mol. The van der Waals surface area contributed by atoms with Crippen LogP contribution in [0.15, 0.2) is 60.7 Å². The number of nitrogens with zero attached hydrogens (tertiary/aromatic N) is 4. The molecule has 0 unspecified atom stereocenters. The molecular formula is C27H23N5O3. The molecule has 0 atom stereocenters. The van der Waals surface area contributed by atoms with Crippen LogP contribution in [0.1, 0.15) is 22.0 Å².